The molecule has 3 fully saturated rings. The minimum Gasteiger partial charge on any atom is -0.327 e. The number of fused-ring (bicyclic) bond motifs is 1. The average molecular weight is 302 g/mol. The number of amides is 2. The second kappa shape index (κ2) is 6.52. The molecule has 20 heavy (non-hydrogen) atoms. The molecule has 1 saturated carbocycles. The van der Waals surface area contributed by atoms with E-state index in [1.807, 2.05) is 0 Å². The molecule has 0 aromatic heterocycles. The van der Waals surface area contributed by atoms with Gasteiger partial charge in [-0.2, -0.15) is 0 Å². The predicted octanol–water partition coefficient (Wildman–Crippen LogP) is 2.32. The summed E-state index contributed by atoms with van der Waals surface area (Å²) in [6.45, 7) is 6.01. The summed E-state index contributed by atoms with van der Waals surface area (Å²) in [5, 5.41) is 0. The molecule has 2 saturated heterocycles. The van der Waals surface area contributed by atoms with E-state index < -0.39 is 0 Å². The maximum atomic E-state index is 12.6. The zero-order valence-corrected chi connectivity index (χ0v) is 13.3. The molecule has 0 aromatic carbocycles. The Balaban J connectivity index is 0.00000147. The van der Waals surface area contributed by atoms with Crippen LogP contribution in [0.5, 0.6) is 0 Å². The van der Waals surface area contributed by atoms with Gasteiger partial charge in [-0.25, -0.2) is 4.79 Å². The highest BCUT2D eigenvalue weighted by molar-refractivity contribution is 5.85. The lowest BCUT2D eigenvalue weighted by molar-refractivity contribution is 0.141. The lowest BCUT2D eigenvalue weighted by atomic mass is 9.78. The molecule has 0 radical (unpaired) electrons. The lowest BCUT2D eigenvalue weighted by Gasteiger charge is -2.33. The fourth-order valence-electron chi connectivity index (χ4n) is 4.07. The summed E-state index contributed by atoms with van der Waals surface area (Å²) in [6, 6.07) is 0.589. The van der Waals surface area contributed by atoms with Crippen LogP contribution >= 0.6 is 12.4 Å². The molecule has 3 rings (SSSR count). The third-order valence-electron chi connectivity index (χ3n) is 5.48. The third-order valence-corrected chi connectivity index (χ3v) is 5.48. The summed E-state index contributed by atoms with van der Waals surface area (Å²) >= 11 is 0. The normalized spacial score (nSPS) is 34.6. The highest BCUT2D eigenvalue weighted by Crippen LogP contribution is 2.36. The van der Waals surface area contributed by atoms with Crippen LogP contribution in [0.15, 0.2) is 0 Å². The molecule has 116 valence electrons. The Morgan fingerprint density at radius 2 is 1.75 bits per heavy atom. The monoisotopic (exact) mass is 301 g/mol. The van der Waals surface area contributed by atoms with Gasteiger partial charge in [-0.1, -0.05) is 13.3 Å². The lowest BCUT2D eigenvalue weighted by Crippen LogP contribution is -2.46. The SMILES string of the molecule is CC1CCN(C(=O)N2CC3CCCC(N)C3C2)CC1.Cl. The summed E-state index contributed by atoms with van der Waals surface area (Å²) < 4.78 is 0. The Morgan fingerprint density at radius 3 is 2.40 bits per heavy atom. The van der Waals surface area contributed by atoms with Gasteiger partial charge in [0.1, 0.15) is 0 Å². The average Bonchev–Trinajstić information content (AvgIpc) is 2.84. The van der Waals surface area contributed by atoms with E-state index in [0.717, 1.165) is 51.4 Å². The van der Waals surface area contributed by atoms with Gasteiger partial charge in [0, 0.05) is 32.2 Å². The smallest absolute Gasteiger partial charge is 0.320 e. The van der Waals surface area contributed by atoms with Gasteiger partial charge in [0.05, 0.1) is 0 Å². The van der Waals surface area contributed by atoms with Crippen molar-refractivity contribution < 1.29 is 4.79 Å². The van der Waals surface area contributed by atoms with Gasteiger partial charge in [0.2, 0.25) is 0 Å². The number of hydrogen-bond acceptors (Lipinski definition) is 2. The van der Waals surface area contributed by atoms with Crippen molar-refractivity contribution in [3.05, 3.63) is 0 Å². The van der Waals surface area contributed by atoms with E-state index in [1.54, 1.807) is 0 Å². The van der Waals surface area contributed by atoms with Crippen LogP contribution in [0.1, 0.15) is 39.0 Å². The Hall–Kier alpha value is -0.480. The maximum absolute atomic E-state index is 12.6. The van der Waals surface area contributed by atoms with Gasteiger partial charge in [-0.15, -0.1) is 12.4 Å². The predicted molar refractivity (Wildman–Crippen MR) is 83.0 cm³/mol. The van der Waals surface area contributed by atoms with E-state index in [1.165, 1.54) is 12.8 Å². The van der Waals surface area contributed by atoms with E-state index in [0.29, 0.717) is 17.9 Å². The van der Waals surface area contributed by atoms with Gasteiger partial charge in [-0.3, -0.25) is 0 Å². The number of piperidine rings is 1. The molecule has 1 aliphatic carbocycles. The standard InChI is InChI=1S/C15H27N3O.ClH/c1-11-5-7-17(8-6-11)15(19)18-9-12-3-2-4-14(16)13(12)10-18;/h11-14H,2-10,16H2,1H3;1H. The number of likely N-dealkylation sites (tertiary alicyclic amines) is 2. The summed E-state index contributed by atoms with van der Waals surface area (Å²) in [7, 11) is 0. The highest BCUT2D eigenvalue weighted by atomic mass is 35.5. The number of carbonyl (C=O) groups is 1. The fraction of sp³-hybridized carbons (Fsp3) is 0.933. The van der Waals surface area contributed by atoms with E-state index in [4.69, 9.17) is 5.73 Å². The number of urea groups is 1. The van der Waals surface area contributed by atoms with E-state index in [9.17, 15) is 4.79 Å². The Labute approximate surface area is 128 Å². The van der Waals surface area contributed by atoms with Crippen LogP contribution in [0.3, 0.4) is 0 Å². The summed E-state index contributed by atoms with van der Waals surface area (Å²) in [5.74, 6) is 2.00. The van der Waals surface area contributed by atoms with Crippen LogP contribution in [-0.2, 0) is 0 Å². The van der Waals surface area contributed by atoms with Crippen molar-refractivity contribution in [1.29, 1.82) is 0 Å². The number of halogens is 1. The van der Waals surface area contributed by atoms with Crippen molar-refractivity contribution in [3.63, 3.8) is 0 Å². The van der Waals surface area contributed by atoms with Gasteiger partial charge in [-0.05, 0) is 43.4 Å². The van der Waals surface area contributed by atoms with Gasteiger partial charge >= 0.3 is 6.03 Å². The van der Waals surface area contributed by atoms with Crippen molar-refractivity contribution in [2.75, 3.05) is 26.2 Å². The summed E-state index contributed by atoms with van der Waals surface area (Å²) in [5.41, 5.74) is 6.23. The molecule has 3 atom stereocenters. The van der Waals surface area contributed by atoms with E-state index in [-0.39, 0.29) is 18.4 Å². The van der Waals surface area contributed by atoms with E-state index in [2.05, 4.69) is 16.7 Å². The maximum Gasteiger partial charge on any atom is 0.320 e. The highest BCUT2D eigenvalue weighted by Gasteiger charge is 2.41. The molecule has 0 aromatic rings. The molecule has 2 aliphatic heterocycles. The molecular formula is C15H28ClN3O. The fourth-order valence-corrected chi connectivity index (χ4v) is 4.07. The number of rotatable bonds is 0. The molecule has 2 heterocycles. The summed E-state index contributed by atoms with van der Waals surface area (Å²) in [6.07, 6.45) is 5.97. The molecule has 3 unspecified atom stereocenters. The first-order valence-electron chi connectivity index (χ1n) is 7.94. The van der Waals surface area contributed by atoms with Crippen molar-refractivity contribution in [3.8, 4) is 0 Å². The van der Waals surface area contributed by atoms with Crippen molar-refractivity contribution in [1.82, 2.24) is 9.80 Å². The second-order valence-corrected chi connectivity index (χ2v) is 6.88. The Kier molecular flexibility index (Phi) is 5.19. The van der Waals surface area contributed by atoms with Crippen molar-refractivity contribution in [2.45, 2.75) is 45.1 Å². The van der Waals surface area contributed by atoms with Crippen LogP contribution < -0.4 is 5.73 Å². The zero-order chi connectivity index (χ0) is 13.4. The molecule has 0 spiro atoms. The van der Waals surface area contributed by atoms with Crippen LogP contribution in [0.2, 0.25) is 0 Å². The largest absolute Gasteiger partial charge is 0.327 e. The first kappa shape index (κ1) is 15.9. The first-order valence-corrected chi connectivity index (χ1v) is 7.94. The number of nitrogens with two attached hydrogens (primary N) is 1. The second-order valence-electron chi connectivity index (χ2n) is 6.88. The number of nitrogens with zero attached hydrogens (tertiary/aromatic N) is 2. The molecule has 4 nitrogen and oxygen atoms in total. The minimum atomic E-state index is 0. The first-order chi connectivity index (χ1) is 9.15. The quantitative estimate of drug-likeness (QED) is 0.746. The van der Waals surface area contributed by atoms with Crippen LogP contribution in [-0.4, -0.2) is 48.1 Å². The van der Waals surface area contributed by atoms with E-state index >= 15 is 0 Å². The molecular weight excluding hydrogens is 274 g/mol. The minimum absolute atomic E-state index is 0. The van der Waals surface area contributed by atoms with Gasteiger partial charge in [0.15, 0.2) is 0 Å². The number of hydrogen-bond donors (Lipinski definition) is 1. The Bertz CT molecular complexity index is 344. The van der Waals surface area contributed by atoms with Crippen molar-refractivity contribution in [2.24, 2.45) is 23.5 Å². The summed E-state index contributed by atoms with van der Waals surface area (Å²) in [4.78, 5) is 16.7. The molecule has 2 N–H and O–H groups in total. The van der Waals surface area contributed by atoms with Crippen LogP contribution in [0.25, 0.3) is 0 Å². The van der Waals surface area contributed by atoms with Gasteiger partial charge in [0.25, 0.3) is 0 Å². The topological polar surface area (TPSA) is 49.6 Å². The third kappa shape index (κ3) is 3.06. The number of carbonyl (C=O) groups excluding carboxylic acids is 1. The van der Waals surface area contributed by atoms with Crippen molar-refractivity contribution >= 4 is 18.4 Å². The Morgan fingerprint density at radius 1 is 1.05 bits per heavy atom. The molecule has 5 heteroatoms. The molecule has 2 amide bonds. The molecule has 3 aliphatic rings. The van der Waals surface area contributed by atoms with Gasteiger partial charge < -0.3 is 15.5 Å². The molecule has 0 bridgehead atoms. The zero-order valence-electron chi connectivity index (χ0n) is 12.5. The van der Waals surface area contributed by atoms with Crippen LogP contribution in [0, 0.1) is 17.8 Å². The van der Waals surface area contributed by atoms with Crippen LogP contribution in [0.4, 0.5) is 4.79 Å².